The first-order valence-corrected chi connectivity index (χ1v) is 13.2. The number of halogens is 1. The van der Waals surface area contributed by atoms with Gasteiger partial charge in [0.2, 0.25) is 5.91 Å². The van der Waals surface area contributed by atoms with Crippen LogP contribution in [0.5, 0.6) is 0 Å². The highest BCUT2D eigenvalue weighted by Gasteiger charge is 2.44. The molecule has 1 aliphatic heterocycles. The zero-order valence-corrected chi connectivity index (χ0v) is 21.0. The number of ketones is 1. The van der Waals surface area contributed by atoms with Gasteiger partial charge in [0, 0.05) is 39.9 Å². The summed E-state index contributed by atoms with van der Waals surface area (Å²) in [5.74, 6) is -1.76. The molecule has 0 saturated heterocycles. The minimum absolute atomic E-state index is 0.0313. The van der Waals surface area contributed by atoms with E-state index in [1.54, 1.807) is 23.9 Å². The topological polar surface area (TPSA) is 58.5 Å². The lowest BCUT2D eigenvalue weighted by Gasteiger charge is -2.37. The molecule has 0 radical (unpaired) electrons. The van der Waals surface area contributed by atoms with Crippen molar-refractivity contribution in [2.45, 2.75) is 36.5 Å². The van der Waals surface area contributed by atoms with Crippen molar-refractivity contribution in [3.05, 3.63) is 107 Å². The molecule has 1 N–H and O–H groups in total. The lowest BCUT2D eigenvalue weighted by atomic mass is 9.69. The predicted octanol–water partition coefficient (Wildman–Crippen LogP) is 6.76. The van der Waals surface area contributed by atoms with Crippen LogP contribution in [0, 0.1) is 11.7 Å². The molecule has 182 valence electrons. The van der Waals surface area contributed by atoms with Crippen molar-refractivity contribution in [3.63, 3.8) is 0 Å². The third kappa shape index (κ3) is 4.78. The van der Waals surface area contributed by atoms with E-state index in [0.717, 1.165) is 21.7 Å². The van der Waals surface area contributed by atoms with Crippen LogP contribution < -0.4 is 5.32 Å². The number of amides is 1. The molecule has 36 heavy (non-hydrogen) atoms. The molecule has 4 nitrogen and oxygen atoms in total. The van der Waals surface area contributed by atoms with Crippen molar-refractivity contribution < 1.29 is 14.0 Å². The van der Waals surface area contributed by atoms with Crippen molar-refractivity contribution in [1.29, 1.82) is 0 Å². The van der Waals surface area contributed by atoms with E-state index < -0.39 is 17.7 Å². The summed E-state index contributed by atoms with van der Waals surface area (Å²) in [6.07, 6.45) is 3.05. The van der Waals surface area contributed by atoms with Gasteiger partial charge in [0.05, 0.1) is 5.92 Å². The Morgan fingerprint density at radius 3 is 2.42 bits per heavy atom. The molecular weight excluding hydrogens is 471 g/mol. The first-order valence-electron chi connectivity index (χ1n) is 12.0. The Labute approximate surface area is 214 Å². The number of carbonyl (C=O) groups excluding carboxylic acids is 2. The van der Waals surface area contributed by atoms with Crippen molar-refractivity contribution in [1.82, 2.24) is 0 Å². The van der Waals surface area contributed by atoms with Crippen LogP contribution in [-0.2, 0) is 9.59 Å². The van der Waals surface area contributed by atoms with E-state index in [0.29, 0.717) is 29.8 Å². The fraction of sp³-hybridized carbons (Fsp3) is 0.233. The van der Waals surface area contributed by atoms with Gasteiger partial charge < -0.3 is 5.32 Å². The first kappa shape index (κ1) is 24.2. The summed E-state index contributed by atoms with van der Waals surface area (Å²) in [6.45, 7) is 1.85. The number of allylic oxidation sites excluding steroid dienone is 2. The first-order chi connectivity index (χ1) is 17.4. The lowest BCUT2D eigenvalue weighted by Crippen LogP contribution is -2.39. The van der Waals surface area contributed by atoms with Crippen molar-refractivity contribution in [2.75, 3.05) is 11.6 Å². The third-order valence-electron chi connectivity index (χ3n) is 7.01. The molecule has 0 spiro atoms. The summed E-state index contributed by atoms with van der Waals surface area (Å²) in [6, 6.07) is 23.9. The quantitative estimate of drug-likeness (QED) is 0.395. The van der Waals surface area contributed by atoms with Crippen molar-refractivity contribution in [2.24, 2.45) is 10.9 Å². The summed E-state index contributed by atoms with van der Waals surface area (Å²) >= 11 is 1.64. The number of Topliss-reactive ketones (excluding diaryl/α,β-unsaturated/α-hetero) is 1. The van der Waals surface area contributed by atoms with E-state index >= 15 is 0 Å². The van der Waals surface area contributed by atoms with Gasteiger partial charge in [0.15, 0.2) is 5.78 Å². The molecule has 0 aromatic heterocycles. The summed E-state index contributed by atoms with van der Waals surface area (Å²) < 4.78 is 13.8. The predicted molar refractivity (Wildman–Crippen MR) is 143 cm³/mol. The summed E-state index contributed by atoms with van der Waals surface area (Å²) in [5.41, 5.74) is 4.46. The molecule has 1 heterocycles. The van der Waals surface area contributed by atoms with E-state index in [4.69, 9.17) is 4.99 Å². The van der Waals surface area contributed by atoms with Crippen LogP contribution in [0.25, 0.3) is 0 Å². The summed E-state index contributed by atoms with van der Waals surface area (Å²) in [7, 11) is 0. The molecule has 3 aromatic carbocycles. The van der Waals surface area contributed by atoms with Crippen LogP contribution in [0.1, 0.15) is 42.7 Å². The maximum absolute atomic E-state index is 13.8. The second-order valence-electron chi connectivity index (χ2n) is 9.28. The van der Waals surface area contributed by atoms with E-state index in [9.17, 15) is 14.0 Å². The van der Waals surface area contributed by atoms with Gasteiger partial charge in [-0.25, -0.2) is 4.39 Å². The van der Waals surface area contributed by atoms with Crippen LogP contribution in [0.2, 0.25) is 0 Å². The monoisotopic (exact) mass is 498 g/mol. The SMILES string of the molecule is CSc1ccc([C@H]2C3=C(C[C@H](c4ccccc4)CC3=O)N=C(C)C2C(=O)Nc2cccc(F)c2)cc1. The minimum Gasteiger partial charge on any atom is -0.325 e. The van der Waals surface area contributed by atoms with Gasteiger partial charge in [0.25, 0.3) is 0 Å². The van der Waals surface area contributed by atoms with Gasteiger partial charge in [0.1, 0.15) is 5.82 Å². The number of carbonyl (C=O) groups is 2. The minimum atomic E-state index is -0.677. The van der Waals surface area contributed by atoms with Crippen LogP contribution in [0.3, 0.4) is 0 Å². The normalized spacial score (nSPS) is 21.6. The van der Waals surface area contributed by atoms with Gasteiger partial charge in [-0.05, 0) is 67.0 Å². The second-order valence-corrected chi connectivity index (χ2v) is 10.2. The molecule has 2 aliphatic rings. The summed E-state index contributed by atoms with van der Waals surface area (Å²) in [4.78, 5) is 33.2. The number of hydrogen-bond acceptors (Lipinski definition) is 4. The number of hydrogen-bond donors (Lipinski definition) is 1. The Morgan fingerprint density at radius 1 is 0.972 bits per heavy atom. The smallest absolute Gasteiger partial charge is 0.234 e. The van der Waals surface area contributed by atoms with Crippen LogP contribution in [0.15, 0.2) is 100 Å². The fourth-order valence-electron chi connectivity index (χ4n) is 5.32. The molecule has 0 fully saturated rings. The highest BCUT2D eigenvalue weighted by atomic mass is 32.2. The highest BCUT2D eigenvalue weighted by molar-refractivity contribution is 7.98. The van der Waals surface area contributed by atoms with Gasteiger partial charge in [-0.2, -0.15) is 0 Å². The van der Waals surface area contributed by atoms with E-state index in [1.165, 1.54) is 12.1 Å². The standard InChI is InChI=1S/C30H27FN2O2S/c1-18-27(30(35)33-23-10-6-9-22(31)17-23)28(20-11-13-24(36-2)14-12-20)29-25(32-18)15-21(16-26(29)34)19-7-4-3-5-8-19/h3-14,17,21,27-28H,15-16H2,1-2H3,(H,33,35)/t21-,27?,28+/m0/s1. The molecule has 3 aromatic rings. The van der Waals surface area contributed by atoms with Crippen LogP contribution in [0.4, 0.5) is 10.1 Å². The van der Waals surface area contributed by atoms with E-state index in [1.807, 2.05) is 55.6 Å². The number of nitrogens with zero attached hydrogens (tertiary/aromatic N) is 1. The fourth-order valence-corrected chi connectivity index (χ4v) is 5.73. The average Bonchev–Trinajstić information content (AvgIpc) is 2.88. The Kier molecular flexibility index (Phi) is 6.88. The molecule has 0 saturated carbocycles. The maximum atomic E-state index is 13.8. The largest absolute Gasteiger partial charge is 0.325 e. The van der Waals surface area contributed by atoms with Gasteiger partial charge in [-0.1, -0.05) is 48.5 Å². The Bertz CT molecular complexity index is 1370. The van der Waals surface area contributed by atoms with E-state index in [2.05, 4.69) is 17.4 Å². The van der Waals surface area contributed by atoms with Gasteiger partial charge >= 0.3 is 0 Å². The molecule has 5 rings (SSSR count). The summed E-state index contributed by atoms with van der Waals surface area (Å²) in [5, 5.41) is 2.85. The highest BCUT2D eigenvalue weighted by Crippen LogP contribution is 2.47. The number of benzene rings is 3. The molecule has 6 heteroatoms. The van der Waals surface area contributed by atoms with Crippen molar-refractivity contribution >= 4 is 34.9 Å². The van der Waals surface area contributed by atoms with Gasteiger partial charge in [-0.15, -0.1) is 11.8 Å². The molecule has 1 unspecified atom stereocenters. The maximum Gasteiger partial charge on any atom is 0.234 e. The Hall–Kier alpha value is -3.51. The number of thioether (sulfide) groups is 1. The Balaban J connectivity index is 1.56. The number of anilines is 1. The number of rotatable bonds is 5. The molecule has 3 atom stereocenters. The lowest BCUT2D eigenvalue weighted by molar-refractivity contribution is -0.119. The second kappa shape index (κ2) is 10.2. The zero-order valence-electron chi connectivity index (χ0n) is 20.2. The molecule has 1 amide bonds. The van der Waals surface area contributed by atoms with Crippen molar-refractivity contribution in [3.8, 4) is 0 Å². The Morgan fingerprint density at radius 2 is 1.72 bits per heavy atom. The molecular formula is C30H27FN2O2S. The number of nitrogens with one attached hydrogen (secondary N) is 1. The number of aliphatic imine (C=N–C) groups is 1. The van der Waals surface area contributed by atoms with Crippen LogP contribution >= 0.6 is 11.8 Å². The van der Waals surface area contributed by atoms with Crippen LogP contribution in [-0.4, -0.2) is 23.7 Å². The third-order valence-corrected chi connectivity index (χ3v) is 7.75. The molecule has 0 bridgehead atoms. The van der Waals surface area contributed by atoms with Gasteiger partial charge in [-0.3, -0.25) is 14.6 Å². The zero-order chi connectivity index (χ0) is 25.2. The average molecular weight is 499 g/mol. The van der Waals surface area contributed by atoms with E-state index in [-0.39, 0.29) is 17.6 Å². The molecule has 1 aliphatic carbocycles.